The smallest absolute Gasteiger partial charge is 0.363 e. The van der Waals surface area contributed by atoms with Gasteiger partial charge in [-0.1, -0.05) is 30.4 Å². The first-order valence-electron chi connectivity index (χ1n) is 8.81. The molecule has 0 aliphatic carbocycles. The lowest BCUT2D eigenvalue weighted by Crippen LogP contribution is -2.05. The van der Waals surface area contributed by atoms with Gasteiger partial charge in [0.15, 0.2) is 17.2 Å². The Bertz CT molecular complexity index is 978. The van der Waals surface area contributed by atoms with Crippen molar-refractivity contribution in [1.82, 2.24) is 0 Å². The second-order valence-corrected chi connectivity index (χ2v) is 7.23. The first kappa shape index (κ1) is 20.1. The van der Waals surface area contributed by atoms with Crippen LogP contribution >= 0.6 is 22.6 Å². The van der Waals surface area contributed by atoms with Crippen molar-refractivity contribution in [2.75, 3.05) is 13.2 Å². The van der Waals surface area contributed by atoms with E-state index in [0.717, 1.165) is 20.3 Å². The predicted octanol–water partition coefficient (Wildman–Crippen LogP) is 4.91. The molecule has 0 amide bonds. The number of hydrogen-bond donors (Lipinski definition) is 0. The Morgan fingerprint density at radius 1 is 1.25 bits per heavy atom. The highest BCUT2D eigenvalue weighted by molar-refractivity contribution is 14.1. The molecule has 6 heteroatoms. The summed E-state index contributed by atoms with van der Waals surface area (Å²) in [6, 6.07) is 11.4. The van der Waals surface area contributed by atoms with Crippen molar-refractivity contribution in [3.05, 3.63) is 75.0 Å². The molecule has 0 atom stereocenters. The Morgan fingerprint density at radius 3 is 2.79 bits per heavy atom. The molecular weight excluding hydrogens is 469 g/mol. The molecule has 28 heavy (non-hydrogen) atoms. The van der Waals surface area contributed by atoms with Crippen LogP contribution in [0.5, 0.6) is 11.5 Å². The van der Waals surface area contributed by atoms with Crippen LogP contribution in [0.4, 0.5) is 0 Å². The number of rotatable bonds is 7. The first-order chi connectivity index (χ1) is 13.5. The van der Waals surface area contributed by atoms with Crippen molar-refractivity contribution < 1.29 is 19.0 Å². The van der Waals surface area contributed by atoms with Gasteiger partial charge in [0, 0.05) is 5.56 Å². The summed E-state index contributed by atoms with van der Waals surface area (Å²) in [5.41, 5.74) is 2.86. The summed E-state index contributed by atoms with van der Waals surface area (Å²) >= 11 is 2.18. The van der Waals surface area contributed by atoms with E-state index in [2.05, 4.69) is 34.2 Å². The van der Waals surface area contributed by atoms with Crippen molar-refractivity contribution in [2.24, 2.45) is 4.99 Å². The van der Waals surface area contributed by atoms with Crippen molar-refractivity contribution >= 4 is 40.5 Å². The van der Waals surface area contributed by atoms with Crippen LogP contribution in [-0.4, -0.2) is 25.1 Å². The molecule has 2 aromatic rings. The summed E-state index contributed by atoms with van der Waals surface area (Å²) in [5, 5.41) is 0. The third-order valence-corrected chi connectivity index (χ3v) is 4.67. The Balaban J connectivity index is 1.95. The number of benzene rings is 2. The van der Waals surface area contributed by atoms with E-state index in [4.69, 9.17) is 14.2 Å². The van der Waals surface area contributed by atoms with Crippen LogP contribution in [-0.2, 0) is 9.53 Å². The molecule has 1 aliphatic heterocycles. The molecule has 2 aromatic carbocycles. The summed E-state index contributed by atoms with van der Waals surface area (Å²) < 4.78 is 17.6. The van der Waals surface area contributed by atoms with Gasteiger partial charge in [-0.15, -0.1) is 0 Å². The summed E-state index contributed by atoms with van der Waals surface area (Å²) in [5.74, 6) is 1.10. The van der Waals surface area contributed by atoms with Gasteiger partial charge in [0.05, 0.1) is 10.2 Å². The summed E-state index contributed by atoms with van der Waals surface area (Å²) in [7, 11) is 0. The molecule has 0 aromatic heterocycles. The number of hydrogen-bond acceptors (Lipinski definition) is 5. The van der Waals surface area contributed by atoms with Crippen LogP contribution in [0.15, 0.2) is 59.7 Å². The maximum Gasteiger partial charge on any atom is 0.363 e. The number of cyclic esters (lactones) is 1. The molecule has 5 nitrogen and oxygen atoms in total. The van der Waals surface area contributed by atoms with Gasteiger partial charge >= 0.3 is 5.97 Å². The zero-order chi connectivity index (χ0) is 20.1. The molecule has 0 radical (unpaired) electrons. The topological polar surface area (TPSA) is 57.1 Å². The van der Waals surface area contributed by atoms with E-state index >= 15 is 0 Å². The maximum atomic E-state index is 12.3. The molecule has 144 valence electrons. The highest BCUT2D eigenvalue weighted by Crippen LogP contribution is 2.35. The second kappa shape index (κ2) is 9.05. The lowest BCUT2D eigenvalue weighted by molar-refractivity contribution is -0.129. The number of halogens is 1. The number of aliphatic imine (C=N–C) groups is 1. The fourth-order valence-electron chi connectivity index (χ4n) is 2.69. The van der Waals surface area contributed by atoms with Gasteiger partial charge in [0.25, 0.3) is 0 Å². The largest absolute Gasteiger partial charge is 0.490 e. The maximum absolute atomic E-state index is 12.3. The number of esters is 1. The van der Waals surface area contributed by atoms with Gasteiger partial charge in [0.1, 0.15) is 6.61 Å². The summed E-state index contributed by atoms with van der Waals surface area (Å²) in [6.07, 6.45) is 3.37. The Hall–Kier alpha value is -2.61. The normalized spacial score (nSPS) is 14.6. The lowest BCUT2D eigenvalue weighted by Gasteiger charge is -2.13. The third kappa shape index (κ3) is 4.62. The average Bonchev–Trinajstić information content (AvgIpc) is 3.02. The minimum atomic E-state index is -0.476. The quantitative estimate of drug-likeness (QED) is 0.240. The Morgan fingerprint density at radius 2 is 2.07 bits per heavy atom. The van der Waals surface area contributed by atoms with Gasteiger partial charge in [-0.2, -0.15) is 0 Å². The van der Waals surface area contributed by atoms with Gasteiger partial charge in [-0.05, 0) is 72.3 Å². The molecule has 1 heterocycles. The molecule has 0 saturated heterocycles. The summed E-state index contributed by atoms with van der Waals surface area (Å²) in [4.78, 5) is 16.6. The molecule has 0 saturated carbocycles. The number of carbonyl (C=O) groups is 1. The fourth-order valence-corrected chi connectivity index (χ4v) is 3.47. The van der Waals surface area contributed by atoms with Gasteiger partial charge < -0.3 is 14.2 Å². The molecule has 0 fully saturated rings. The Labute approximate surface area is 177 Å². The van der Waals surface area contributed by atoms with Crippen molar-refractivity contribution in [1.29, 1.82) is 0 Å². The monoisotopic (exact) mass is 489 g/mol. The number of ether oxygens (including phenoxy) is 3. The standard InChI is InChI=1S/C22H20INO4/c1-4-9-27-20-17(23)11-15(13-19(20)26-5-2)12-18-22(25)28-21(24-18)16-8-6-7-14(3)10-16/h4,6-8,10-13H,1,5,9H2,2-3H3. The van der Waals surface area contributed by atoms with E-state index in [0.29, 0.717) is 30.6 Å². The van der Waals surface area contributed by atoms with Crippen molar-refractivity contribution in [3.8, 4) is 11.5 Å². The molecule has 1 aliphatic rings. The molecular formula is C22H20INO4. The lowest BCUT2D eigenvalue weighted by atomic mass is 10.1. The molecule has 0 spiro atoms. The molecule has 0 unspecified atom stereocenters. The van der Waals surface area contributed by atoms with E-state index < -0.39 is 5.97 Å². The van der Waals surface area contributed by atoms with Crippen molar-refractivity contribution in [3.63, 3.8) is 0 Å². The van der Waals surface area contributed by atoms with E-state index in [1.807, 2.05) is 50.2 Å². The highest BCUT2D eigenvalue weighted by Gasteiger charge is 2.24. The number of carbonyl (C=O) groups excluding carboxylic acids is 1. The SMILES string of the molecule is C=CCOc1c(I)cc(C=C2N=C(c3cccc(C)c3)OC2=O)cc1OCC. The third-order valence-electron chi connectivity index (χ3n) is 3.87. The average molecular weight is 489 g/mol. The van der Waals surface area contributed by atoms with Crippen LogP contribution in [0.2, 0.25) is 0 Å². The minimum Gasteiger partial charge on any atom is -0.490 e. The van der Waals surface area contributed by atoms with Crippen LogP contribution < -0.4 is 9.47 Å². The fraction of sp³-hybridized carbons (Fsp3) is 0.182. The van der Waals surface area contributed by atoms with E-state index in [1.54, 1.807) is 12.2 Å². The van der Waals surface area contributed by atoms with Gasteiger partial charge in [-0.3, -0.25) is 0 Å². The zero-order valence-electron chi connectivity index (χ0n) is 15.7. The summed E-state index contributed by atoms with van der Waals surface area (Å²) in [6.45, 7) is 8.43. The minimum absolute atomic E-state index is 0.245. The van der Waals surface area contributed by atoms with E-state index in [1.165, 1.54) is 0 Å². The van der Waals surface area contributed by atoms with Gasteiger partial charge in [0.2, 0.25) is 5.90 Å². The predicted molar refractivity (Wildman–Crippen MR) is 118 cm³/mol. The molecule has 0 N–H and O–H groups in total. The van der Waals surface area contributed by atoms with E-state index in [9.17, 15) is 4.79 Å². The number of nitrogens with zero attached hydrogens (tertiary/aromatic N) is 1. The highest BCUT2D eigenvalue weighted by atomic mass is 127. The van der Waals surface area contributed by atoms with E-state index in [-0.39, 0.29) is 5.70 Å². The van der Waals surface area contributed by atoms with Crippen LogP contribution in [0.1, 0.15) is 23.6 Å². The van der Waals surface area contributed by atoms with Crippen molar-refractivity contribution in [2.45, 2.75) is 13.8 Å². The zero-order valence-corrected chi connectivity index (χ0v) is 17.9. The van der Waals surface area contributed by atoms with Crippen LogP contribution in [0.25, 0.3) is 6.08 Å². The van der Waals surface area contributed by atoms with Crippen LogP contribution in [0.3, 0.4) is 0 Å². The second-order valence-electron chi connectivity index (χ2n) is 6.07. The van der Waals surface area contributed by atoms with Crippen LogP contribution in [0, 0.1) is 10.5 Å². The number of aryl methyl sites for hydroxylation is 1. The van der Waals surface area contributed by atoms with Gasteiger partial charge in [-0.25, -0.2) is 9.79 Å². The molecule has 0 bridgehead atoms. The Kier molecular flexibility index (Phi) is 6.51. The first-order valence-corrected chi connectivity index (χ1v) is 9.89. The molecule has 3 rings (SSSR count).